The van der Waals surface area contributed by atoms with E-state index in [-0.39, 0.29) is 18.1 Å². The fourth-order valence-electron chi connectivity index (χ4n) is 2.03. The van der Waals surface area contributed by atoms with Crippen molar-refractivity contribution in [1.82, 2.24) is 4.57 Å². The van der Waals surface area contributed by atoms with E-state index in [4.69, 9.17) is 5.11 Å². The predicted molar refractivity (Wildman–Crippen MR) is 65.7 cm³/mol. The molecule has 2 aromatic rings. The van der Waals surface area contributed by atoms with Crippen molar-refractivity contribution in [3.63, 3.8) is 0 Å². The molecule has 5 heteroatoms. The molecule has 0 amide bonds. The van der Waals surface area contributed by atoms with Crippen molar-refractivity contribution in [2.45, 2.75) is 13.5 Å². The first-order chi connectivity index (χ1) is 8.52. The van der Waals surface area contributed by atoms with Crippen molar-refractivity contribution >= 4 is 22.8 Å². The van der Waals surface area contributed by atoms with Gasteiger partial charge in [-0.3, -0.25) is 4.79 Å². The number of aromatic nitrogens is 1. The largest absolute Gasteiger partial charge is 0.478 e. The Morgan fingerprint density at radius 2 is 2.11 bits per heavy atom. The summed E-state index contributed by atoms with van der Waals surface area (Å²) in [5.41, 5.74) is 1.92. The van der Waals surface area contributed by atoms with Gasteiger partial charge < -0.3 is 14.4 Å². The van der Waals surface area contributed by atoms with Crippen molar-refractivity contribution in [2.24, 2.45) is 0 Å². The third-order valence-corrected chi connectivity index (χ3v) is 2.83. The lowest BCUT2D eigenvalue weighted by molar-refractivity contribution is -0.141. The molecule has 0 fully saturated rings. The van der Waals surface area contributed by atoms with E-state index >= 15 is 0 Å². The number of carbonyl (C=O) groups excluding carboxylic acids is 1. The number of carboxylic acids is 1. The van der Waals surface area contributed by atoms with E-state index in [2.05, 4.69) is 4.74 Å². The van der Waals surface area contributed by atoms with Gasteiger partial charge in [0, 0.05) is 11.6 Å². The second kappa shape index (κ2) is 4.52. The maximum absolute atomic E-state index is 11.3. The topological polar surface area (TPSA) is 68.5 Å². The molecule has 0 aliphatic heterocycles. The van der Waals surface area contributed by atoms with E-state index in [0.29, 0.717) is 0 Å². The Bertz CT molecular complexity index is 627. The molecule has 0 aliphatic carbocycles. The van der Waals surface area contributed by atoms with Crippen molar-refractivity contribution < 1.29 is 19.4 Å². The van der Waals surface area contributed by atoms with Gasteiger partial charge in [0.15, 0.2) is 0 Å². The van der Waals surface area contributed by atoms with Crippen LogP contribution in [0.1, 0.15) is 15.9 Å². The SMILES string of the molecule is COC(=O)Cn1ccc2cc(C(=O)O)cc(C)c21. The predicted octanol–water partition coefficient (Wildman–Crippen LogP) is 1.82. The summed E-state index contributed by atoms with van der Waals surface area (Å²) in [7, 11) is 1.34. The van der Waals surface area contributed by atoms with E-state index in [9.17, 15) is 9.59 Å². The zero-order chi connectivity index (χ0) is 13.3. The molecule has 18 heavy (non-hydrogen) atoms. The van der Waals surface area contributed by atoms with Crippen LogP contribution in [0.25, 0.3) is 10.9 Å². The Morgan fingerprint density at radius 1 is 1.39 bits per heavy atom. The molecule has 0 saturated heterocycles. The Balaban J connectivity index is 2.53. The van der Waals surface area contributed by atoms with Gasteiger partial charge in [0.05, 0.1) is 18.2 Å². The molecule has 1 N–H and O–H groups in total. The van der Waals surface area contributed by atoms with Crippen LogP contribution in [0.5, 0.6) is 0 Å². The monoisotopic (exact) mass is 247 g/mol. The normalized spacial score (nSPS) is 10.6. The second-order valence-corrected chi connectivity index (χ2v) is 4.06. The lowest BCUT2D eigenvalue weighted by Gasteiger charge is -2.07. The zero-order valence-electron chi connectivity index (χ0n) is 10.1. The first kappa shape index (κ1) is 12.2. The molecule has 5 nitrogen and oxygen atoms in total. The Labute approximate surface area is 104 Å². The number of nitrogens with zero attached hydrogens (tertiary/aromatic N) is 1. The highest BCUT2D eigenvalue weighted by Crippen LogP contribution is 2.22. The van der Waals surface area contributed by atoms with Crippen LogP contribution < -0.4 is 0 Å². The molecule has 0 atom stereocenters. The number of aromatic carboxylic acids is 1. The number of methoxy groups -OCH3 is 1. The lowest BCUT2D eigenvalue weighted by Crippen LogP contribution is -2.11. The van der Waals surface area contributed by atoms with E-state index in [1.807, 2.05) is 6.92 Å². The molecule has 1 heterocycles. The summed E-state index contributed by atoms with van der Waals surface area (Å²) in [6.45, 7) is 1.94. The van der Waals surface area contributed by atoms with E-state index in [0.717, 1.165) is 16.5 Å². The zero-order valence-corrected chi connectivity index (χ0v) is 10.1. The number of hydrogen-bond acceptors (Lipinski definition) is 3. The molecule has 94 valence electrons. The van der Waals surface area contributed by atoms with Gasteiger partial charge in [-0.1, -0.05) is 0 Å². The summed E-state index contributed by atoms with van der Waals surface area (Å²) in [6, 6.07) is 4.98. The standard InChI is InChI=1S/C13H13NO4/c1-8-5-10(13(16)17)6-9-3-4-14(12(8)9)7-11(15)18-2/h3-6H,7H2,1-2H3,(H,16,17). The summed E-state index contributed by atoms with van der Waals surface area (Å²) in [5, 5.41) is 9.78. The number of esters is 1. The first-order valence-electron chi connectivity index (χ1n) is 5.42. The summed E-state index contributed by atoms with van der Waals surface area (Å²) in [5.74, 6) is -1.30. The van der Waals surface area contributed by atoms with Crippen LogP contribution in [0.3, 0.4) is 0 Å². The maximum atomic E-state index is 11.3. The van der Waals surface area contributed by atoms with Crippen LogP contribution in [0, 0.1) is 6.92 Å². The van der Waals surface area contributed by atoms with E-state index < -0.39 is 5.97 Å². The van der Waals surface area contributed by atoms with Crippen LogP contribution in [0.4, 0.5) is 0 Å². The number of carboxylic acid groups (broad SMARTS) is 1. The minimum Gasteiger partial charge on any atom is -0.478 e. The molecule has 2 rings (SSSR count). The summed E-state index contributed by atoms with van der Waals surface area (Å²) in [4.78, 5) is 22.2. The van der Waals surface area contributed by atoms with Crippen LogP contribution >= 0.6 is 0 Å². The van der Waals surface area contributed by atoms with Gasteiger partial charge in [-0.15, -0.1) is 0 Å². The number of rotatable bonds is 3. The third kappa shape index (κ3) is 2.07. The van der Waals surface area contributed by atoms with Gasteiger partial charge in [-0.25, -0.2) is 4.79 Å². The Morgan fingerprint density at radius 3 is 2.72 bits per heavy atom. The first-order valence-corrected chi connectivity index (χ1v) is 5.42. The molecule has 0 spiro atoms. The van der Waals surface area contributed by atoms with Crippen LogP contribution in [0.2, 0.25) is 0 Å². The van der Waals surface area contributed by atoms with Gasteiger partial charge >= 0.3 is 11.9 Å². The molecule has 0 unspecified atom stereocenters. The summed E-state index contributed by atoms with van der Waals surface area (Å²) < 4.78 is 6.37. The van der Waals surface area contributed by atoms with Crippen LogP contribution in [0.15, 0.2) is 24.4 Å². The molecule has 0 radical (unpaired) electrons. The highest BCUT2D eigenvalue weighted by atomic mass is 16.5. The van der Waals surface area contributed by atoms with E-state index in [1.54, 1.807) is 29.0 Å². The van der Waals surface area contributed by atoms with Crippen molar-refractivity contribution in [2.75, 3.05) is 7.11 Å². The molecular weight excluding hydrogens is 234 g/mol. The van der Waals surface area contributed by atoms with Gasteiger partial charge in [0.1, 0.15) is 6.54 Å². The smallest absolute Gasteiger partial charge is 0.335 e. The molecular formula is C13H13NO4. The second-order valence-electron chi connectivity index (χ2n) is 4.06. The van der Waals surface area contributed by atoms with Crippen molar-refractivity contribution in [3.8, 4) is 0 Å². The number of aryl methyl sites for hydroxylation is 1. The molecule has 0 aliphatic rings. The van der Waals surface area contributed by atoms with Gasteiger partial charge in [0.2, 0.25) is 0 Å². The van der Waals surface area contributed by atoms with Gasteiger partial charge in [0.25, 0.3) is 0 Å². The van der Waals surface area contributed by atoms with Crippen molar-refractivity contribution in [3.05, 3.63) is 35.5 Å². The number of fused-ring (bicyclic) bond motifs is 1. The highest BCUT2D eigenvalue weighted by Gasteiger charge is 2.11. The van der Waals surface area contributed by atoms with Crippen LogP contribution in [-0.2, 0) is 16.1 Å². The summed E-state index contributed by atoms with van der Waals surface area (Å²) in [6.07, 6.45) is 1.75. The average molecular weight is 247 g/mol. The molecule has 0 bridgehead atoms. The number of carbonyl (C=O) groups is 2. The summed E-state index contributed by atoms with van der Waals surface area (Å²) >= 11 is 0. The third-order valence-electron chi connectivity index (χ3n) is 2.83. The molecule has 0 saturated carbocycles. The maximum Gasteiger partial charge on any atom is 0.335 e. The fourth-order valence-corrected chi connectivity index (χ4v) is 2.03. The van der Waals surface area contributed by atoms with Crippen LogP contribution in [-0.4, -0.2) is 28.7 Å². The average Bonchev–Trinajstić information content (AvgIpc) is 2.72. The Kier molecular flexibility index (Phi) is 3.06. The fraction of sp³-hybridized carbons (Fsp3) is 0.231. The van der Waals surface area contributed by atoms with Gasteiger partial charge in [-0.2, -0.15) is 0 Å². The van der Waals surface area contributed by atoms with Crippen molar-refractivity contribution in [1.29, 1.82) is 0 Å². The Hall–Kier alpha value is -2.30. The minimum absolute atomic E-state index is 0.118. The quantitative estimate of drug-likeness (QED) is 0.840. The number of benzene rings is 1. The van der Waals surface area contributed by atoms with Gasteiger partial charge in [-0.05, 0) is 30.7 Å². The number of ether oxygens (including phenoxy) is 1. The minimum atomic E-state index is -0.958. The molecule has 1 aromatic heterocycles. The molecule has 1 aromatic carbocycles. The highest BCUT2D eigenvalue weighted by molar-refractivity contribution is 5.95. The van der Waals surface area contributed by atoms with E-state index in [1.165, 1.54) is 7.11 Å². The number of hydrogen-bond donors (Lipinski definition) is 1. The lowest BCUT2D eigenvalue weighted by atomic mass is 10.1.